The molecule has 4 rings (SSSR count). The van der Waals surface area contributed by atoms with Crippen LogP contribution in [0.4, 0.5) is 11.6 Å². The number of carboxylic acids is 2. The van der Waals surface area contributed by atoms with Gasteiger partial charge in [-0.25, -0.2) is 19.6 Å². The quantitative estimate of drug-likeness (QED) is 0.0609. The van der Waals surface area contributed by atoms with Crippen molar-refractivity contribution in [2.24, 2.45) is 0 Å². The Hall–Kier alpha value is -5.95. The zero-order valence-electron chi connectivity index (χ0n) is 27.8. The van der Waals surface area contributed by atoms with E-state index in [-0.39, 0.29) is 35.0 Å². The SMILES string of the molecule is Nc1nc2ncc(CNc3ccc(C(=O)N[C@@H](CCC(=O)NC4C(O)[C@H](O)OC(C(=O)NCC(=O)N[C@@H](CS)C(=O)O)[C@H]4O)C(=O)O)cc3)nc2c(=O)[nH]1. The van der Waals surface area contributed by atoms with Gasteiger partial charge in [-0.1, -0.05) is 0 Å². The number of aromatic nitrogens is 4. The number of nitrogens with zero attached hydrogens (tertiary/aromatic N) is 3. The van der Waals surface area contributed by atoms with Crippen LogP contribution in [-0.2, 0) is 35.3 Å². The summed E-state index contributed by atoms with van der Waals surface area (Å²) in [4.78, 5) is 99.8. The van der Waals surface area contributed by atoms with Gasteiger partial charge in [0.05, 0.1) is 31.0 Å². The van der Waals surface area contributed by atoms with Crippen LogP contribution in [0.15, 0.2) is 35.3 Å². The molecular formula is C30H36N10O13S. The van der Waals surface area contributed by atoms with Crippen LogP contribution in [0.25, 0.3) is 11.2 Å². The first-order chi connectivity index (χ1) is 25.6. The van der Waals surface area contributed by atoms with Crippen molar-refractivity contribution in [2.75, 3.05) is 23.3 Å². The minimum Gasteiger partial charge on any atom is -0.480 e. The Morgan fingerprint density at radius 2 is 1.63 bits per heavy atom. The molecule has 0 radical (unpaired) electrons. The maximum Gasteiger partial charge on any atom is 0.327 e. The first-order valence-corrected chi connectivity index (χ1v) is 16.5. The van der Waals surface area contributed by atoms with Gasteiger partial charge in [0.15, 0.2) is 23.6 Å². The number of H-pyrrole nitrogens is 1. The number of aliphatic hydroxyl groups is 3. The first-order valence-electron chi connectivity index (χ1n) is 15.9. The molecule has 2 aromatic heterocycles. The molecule has 1 fully saturated rings. The van der Waals surface area contributed by atoms with E-state index in [0.717, 1.165) is 0 Å². The predicted octanol–water partition coefficient (Wildman–Crippen LogP) is -4.59. The molecule has 7 atom stereocenters. The number of carbonyl (C=O) groups excluding carboxylic acids is 4. The predicted molar refractivity (Wildman–Crippen MR) is 186 cm³/mol. The number of hydrogen-bond acceptors (Lipinski definition) is 17. The zero-order chi connectivity index (χ0) is 39.7. The van der Waals surface area contributed by atoms with E-state index in [4.69, 9.17) is 15.6 Å². The van der Waals surface area contributed by atoms with E-state index >= 15 is 0 Å². The van der Waals surface area contributed by atoms with Crippen LogP contribution in [0.3, 0.4) is 0 Å². The van der Waals surface area contributed by atoms with Gasteiger partial charge in [0.25, 0.3) is 17.4 Å². The van der Waals surface area contributed by atoms with Crippen molar-refractivity contribution in [3.8, 4) is 0 Å². The molecule has 23 nitrogen and oxygen atoms in total. The smallest absolute Gasteiger partial charge is 0.327 e. The summed E-state index contributed by atoms with van der Waals surface area (Å²) in [5.41, 5.74) is 6.04. The van der Waals surface area contributed by atoms with Crippen LogP contribution in [0.1, 0.15) is 28.9 Å². The van der Waals surface area contributed by atoms with Crippen LogP contribution in [0, 0.1) is 0 Å². The van der Waals surface area contributed by atoms with Gasteiger partial charge in [0.1, 0.15) is 24.3 Å². The first kappa shape index (κ1) is 40.8. The minimum atomic E-state index is -2.09. The number of aliphatic hydroxyl groups excluding tert-OH is 3. The van der Waals surface area contributed by atoms with Crippen LogP contribution in [-0.4, -0.2) is 136 Å². The monoisotopic (exact) mass is 776 g/mol. The van der Waals surface area contributed by atoms with Crippen molar-refractivity contribution in [2.45, 2.75) is 62.1 Å². The number of fused-ring (bicyclic) bond motifs is 1. The molecular weight excluding hydrogens is 740 g/mol. The molecule has 54 heavy (non-hydrogen) atoms. The lowest BCUT2D eigenvalue weighted by Crippen LogP contribution is -2.66. The van der Waals surface area contributed by atoms with E-state index in [9.17, 15) is 54.0 Å². The summed E-state index contributed by atoms with van der Waals surface area (Å²) in [5, 5.41) is 61.6. The van der Waals surface area contributed by atoms with E-state index in [1.807, 2.05) is 0 Å². The number of thiol groups is 1. The fraction of sp³-hybridized carbons (Fsp3) is 0.400. The number of anilines is 2. The summed E-state index contributed by atoms with van der Waals surface area (Å²) in [5.74, 6) is -7.00. The Morgan fingerprint density at radius 1 is 0.944 bits per heavy atom. The highest BCUT2D eigenvalue weighted by atomic mass is 32.1. The number of benzene rings is 1. The third-order valence-corrected chi connectivity index (χ3v) is 8.18. The molecule has 0 aliphatic carbocycles. The molecule has 0 bridgehead atoms. The summed E-state index contributed by atoms with van der Waals surface area (Å²) in [6.45, 7) is -0.620. The zero-order valence-corrected chi connectivity index (χ0v) is 28.7. The maximum absolute atomic E-state index is 12.8. The molecule has 1 aliphatic heterocycles. The molecule has 3 heterocycles. The molecule has 1 aliphatic rings. The maximum atomic E-state index is 12.8. The Labute approximate surface area is 308 Å². The molecule has 24 heteroatoms. The minimum absolute atomic E-state index is 0.00280. The van der Waals surface area contributed by atoms with Gasteiger partial charge in [-0.3, -0.25) is 29.0 Å². The number of aromatic amines is 1. The Balaban J connectivity index is 1.28. The lowest BCUT2D eigenvalue weighted by Gasteiger charge is -2.40. The molecule has 1 saturated heterocycles. The highest BCUT2D eigenvalue weighted by molar-refractivity contribution is 7.80. The van der Waals surface area contributed by atoms with Gasteiger partial charge in [0, 0.05) is 23.4 Å². The molecule has 1 aromatic carbocycles. The lowest BCUT2D eigenvalue weighted by molar-refractivity contribution is -0.251. The third kappa shape index (κ3) is 10.6. The number of carboxylic acid groups (broad SMARTS) is 2. The summed E-state index contributed by atoms with van der Waals surface area (Å²) < 4.78 is 4.94. The van der Waals surface area contributed by atoms with Gasteiger partial charge in [-0.2, -0.15) is 17.6 Å². The largest absolute Gasteiger partial charge is 0.480 e. The normalized spacial score (nSPS) is 20.6. The number of nitrogens with two attached hydrogens (primary N) is 1. The second kappa shape index (κ2) is 18.2. The van der Waals surface area contributed by atoms with E-state index in [2.05, 4.69) is 59.1 Å². The van der Waals surface area contributed by atoms with Gasteiger partial charge in [0.2, 0.25) is 17.8 Å². The number of hydrogen-bond donors (Lipinski definition) is 13. The van der Waals surface area contributed by atoms with Crippen LogP contribution < -0.4 is 37.9 Å². The van der Waals surface area contributed by atoms with E-state index in [1.54, 1.807) is 0 Å². The van der Waals surface area contributed by atoms with E-state index in [0.29, 0.717) is 11.4 Å². The number of carbonyl (C=O) groups is 6. The van der Waals surface area contributed by atoms with Crippen molar-refractivity contribution < 1.29 is 59.0 Å². The summed E-state index contributed by atoms with van der Waals surface area (Å²) in [6.07, 6.45) is -7.54. The van der Waals surface area contributed by atoms with E-state index < -0.39 is 103 Å². The molecule has 3 aromatic rings. The fourth-order valence-electron chi connectivity index (χ4n) is 4.99. The van der Waals surface area contributed by atoms with E-state index in [1.165, 1.54) is 30.5 Å². The second-order valence-electron chi connectivity index (χ2n) is 11.7. The molecule has 0 saturated carbocycles. The average molecular weight is 777 g/mol. The number of nitrogen functional groups attached to an aromatic ring is 1. The van der Waals surface area contributed by atoms with Gasteiger partial charge in [-0.05, 0) is 30.7 Å². The number of aliphatic carboxylic acids is 2. The van der Waals surface area contributed by atoms with Crippen LogP contribution in [0.2, 0.25) is 0 Å². The summed E-state index contributed by atoms with van der Waals surface area (Å²) in [7, 11) is 0. The molecule has 3 unspecified atom stereocenters. The van der Waals surface area contributed by atoms with Crippen LogP contribution >= 0.6 is 12.6 Å². The number of rotatable bonds is 16. The van der Waals surface area contributed by atoms with Crippen molar-refractivity contribution >= 4 is 71.0 Å². The summed E-state index contributed by atoms with van der Waals surface area (Å²) >= 11 is 3.80. The van der Waals surface area contributed by atoms with Crippen molar-refractivity contribution in [1.82, 2.24) is 41.2 Å². The number of amides is 4. The number of nitrogens with one attached hydrogen (secondary N) is 6. The van der Waals surface area contributed by atoms with Crippen LogP contribution in [0.5, 0.6) is 0 Å². The fourth-order valence-corrected chi connectivity index (χ4v) is 5.23. The Morgan fingerprint density at radius 3 is 2.28 bits per heavy atom. The molecule has 0 spiro atoms. The average Bonchev–Trinajstić information content (AvgIpc) is 3.13. The number of ether oxygens (including phenoxy) is 1. The second-order valence-corrected chi connectivity index (χ2v) is 12.1. The third-order valence-electron chi connectivity index (χ3n) is 7.82. The highest BCUT2D eigenvalue weighted by Gasteiger charge is 2.47. The van der Waals surface area contributed by atoms with Gasteiger partial charge < -0.3 is 62.6 Å². The van der Waals surface area contributed by atoms with Crippen molar-refractivity contribution in [3.63, 3.8) is 0 Å². The lowest BCUT2D eigenvalue weighted by atomic mass is 9.95. The Kier molecular flexibility index (Phi) is 13.8. The standard InChI is InChI=1S/C30H36N10O13S/c31-30-39-23-19(25(46)40-30)35-13(8-33-23)7-32-12-3-1-11(2-4-12)24(45)37-14(27(48)49)5-6-16(41)38-18-20(43)22(53-29(52)21(18)44)26(47)34-9-17(42)36-15(10-54)28(50)51/h1-4,8,14-15,18,20-22,29,32,43-44,52,54H,5-7,9-10H2,(H,34,47)(H,36,42)(H,37,45)(H,38,41)(H,48,49)(H,50,51)(H3,31,33,39,40,46)/t14-,15-,18?,20-,21?,22?,29+/m0/s1. The molecule has 13 N–H and O–H groups in total. The Bertz CT molecular complexity index is 1950. The van der Waals surface area contributed by atoms with Gasteiger partial charge in [-0.15, -0.1) is 0 Å². The highest BCUT2D eigenvalue weighted by Crippen LogP contribution is 2.21. The van der Waals surface area contributed by atoms with Crippen molar-refractivity contribution in [3.05, 3.63) is 52.1 Å². The molecule has 4 amide bonds. The van der Waals surface area contributed by atoms with Crippen molar-refractivity contribution in [1.29, 1.82) is 0 Å². The van der Waals surface area contributed by atoms with Gasteiger partial charge >= 0.3 is 11.9 Å². The summed E-state index contributed by atoms with van der Waals surface area (Å²) in [6, 6.07) is 1.24. The topological polar surface area (TPSA) is 370 Å². The molecule has 290 valence electrons.